The summed E-state index contributed by atoms with van der Waals surface area (Å²) in [5.74, 6) is 0. The molecule has 0 aliphatic heterocycles. The maximum absolute atomic E-state index is 10.9. The molecule has 0 amide bonds. The first kappa shape index (κ1) is 16.1. The van der Waals surface area contributed by atoms with E-state index in [0.717, 1.165) is 25.7 Å². The Balaban J connectivity index is 1.91. The smallest absolute Gasteiger partial charge is 0.300 e. The molecular weight excluding hydrogens is 288 g/mol. The van der Waals surface area contributed by atoms with Gasteiger partial charge in [0.15, 0.2) is 5.52 Å². The Morgan fingerprint density at radius 3 is 2.73 bits per heavy atom. The number of nitrogens with two attached hydrogens (primary N) is 2. The summed E-state index contributed by atoms with van der Waals surface area (Å²) in [6.45, 7) is 1.35. The first-order valence-corrected chi connectivity index (χ1v) is 7.22. The van der Waals surface area contributed by atoms with Crippen molar-refractivity contribution in [2.45, 2.75) is 31.7 Å². The minimum atomic E-state index is -0.507. The molecule has 0 bridgehead atoms. The Kier molecular flexibility index (Phi) is 5.61. The maximum Gasteiger partial charge on any atom is 0.300 e. The van der Waals surface area contributed by atoms with Crippen molar-refractivity contribution in [2.24, 2.45) is 11.5 Å². The molecule has 1 unspecified atom stereocenters. The number of nitro groups is 1. The summed E-state index contributed by atoms with van der Waals surface area (Å²) in [4.78, 5) is 10.4. The number of nitrogens with one attached hydrogen (secondary N) is 1. The number of hydrogen-bond acceptors (Lipinski definition) is 8. The van der Waals surface area contributed by atoms with E-state index in [1.54, 1.807) is 6.07 Å². The second-order valence-electron chi connectivity index (χ2n) is 5.11. The van der Waals surface area contributed by atoms with Crippen LogP contribution in [0.2, 0.25) is 0 Å². The minimum Gasteiger partial charge on any atom is -0.383 e. The molecule has 0 fully saturated rings. The van der Waals surface area contributed by atoms with Crippen molar-refractivity contribution < 1.29 is 9.55 Å². The second-order valence-corrected chi connectivity index (χ2v) is 5.11. The normalized spacial score (nSPS) is 12.5. The van der Waals surface area contributed by atoms with Crippen LogP contribution in [0.1, 0.15) is 25.7 Å². The van der Waals surface area contributed by atoms with Crippen LogP contribution >= 0.6 is 0 Å². The van der Waals surface area contributed by atoms with Gasteiger partial charge in [0.05, 0.1) is 10.6 Å². The summed E-state index contributed by atoms with van der Waals surface area (Å²) < 4.78 is 4.61. The van der Waals surface area contributed by atoms with Gasteiger partial charge in [0, 0.05) is 18.7 Å². The topological polar surface area (TPSA) is 146 Å². The van der Waals surface area contributed by atoms with Crippen molar-refractivity contribution in [3.63, 3.8) is 0 Å². The highest BCUT2D eigenvalue weighted by atomic mass is 16.6. The monoisotopic (exact) mass is 308 g/mol. The average Bonchev–Trinajstić information content (AvgIpc) is 2.98. The number of fused-ring (bicyclic) bond motifs is 1. The van der Waals surface area contributed by atoms with Gasteiger partial charge in [-0.25, -0.2) is 4.63 Å². The molecule has 9 heteroatoms. The molecule has 0 aliphatic rings. The minimum absolute atomic E-state index is 0.120. The molecule has 5 N–H and O–H groups in total. The van der Waals surface area contributed by atoms with Gasteiger partial charge in [0.2, 0.25) is 5.52 Å². The molecule has 0 saturated heterocycles. The molecule has 0 aliphatic carbocycles. The first-order valence-electron chi connectivity index (χ1n) is 7.22. The molecule has 1 aromatic heterocycles. The van der Waals surface area contributed by atoms with Gasteiger partial charge in [-0.3, -0.25) is 10.1 Å². The van der Waals surface area contributed by atoms with Crippen LogP contribution in [-0.4, -0.2) is 34.4 Å². The van der Waals surface area contributed by atoms with E-state index < -0.39 is 4.92 Å². The van der Waals surface area contributed by atoms with E-state index in [1.165, 1.54) is 6.07 Å². The van der Waals surface area contributed by atoms with E-state index in [0.29, 0.717) is 24.3 Å². The Morgan fingerprint density at radius 2 is 2.00 bits per heavy atom. The second kappa shape index (κ2) is 7.66. The predicted molar refractivity (Wildman–Crippen MR) is 82.4 cm³/mol. The van der Waals surface area contributed by atoms with Crippen LogP contribution in [0.15, 0.2) is 16.8 Å². The van der Waals surface area contributed by atoms with Crippen LogP contribution in [0.4, 0.5) is 11.4 Å². The van der Waals surface area contributed by atoms with E-state index in [4.69, 9.17) is 11.5 Å². The summed E-state index contributed by atoms with van der Waals surface area (Å²) in [5.41, 5.74) is 12.5. The fourth-order valence-corrected chi connectivity index (χ4v) is 2.26. The van der Waals surface area contributed by atoms with Crippen molar-refractivity contribution >= 4 is 22.4 Å². The number of non-ortho nitro benzene ring substituents is 1. The third-order valence-corrected chi connectivity index (χ3v) is 3.44. The number of hydrogen-bond donors (Lipinski definition) is 3. The van der Waals surface area contributed by atoms with Crippen molar-refractivity contribution in [3.8, 4) is 0 Å². The van der Waals surface area contributed by atoms with Crippen LogP contribution in [-0.2, 0) is 0 Å². The molecule has 2 aromatic rings. The Bertz CT molecular complexity index is 629. The van der Waals surface area contributed by atoms with Gasteiger partial charge in [-0.2, -0.15) is 0 Å². The third-order valence-electron chi connectivity index (χ3n) is 3.44. The summed E-state index contributed by atoms with van der Waals surface area (Å²) >= 11 is 0. The highest BCUT2D eigenvalue weighted by Gasteiger charge is 2.19. The fourth-order valence-electron chi connectivity index (χ4n) is 2.26. The zero-order valence-corrected chi connectivity index (χ0v) is 12.2. The quantitative estimate of drug-likeness (QED) is 0.358. The van der Waals surface area contributed by atoms with E-state index >= 15 is 0 Å². The molecule has 0 radical (unpaired) electrons. The van der Waals surface area contributed by atoms with Gasteiger partial charge in [-0.15, -0.1) is 0 Å². The van der Waals surface area contributed by atoms with Gasteiger partial charge in [-0.1, -0.05) is 0 Å². The summed E-state index contributed by atoms with van der Waals surface area (Å²) in [6, 6.07) is 3.15. The fraction of sp³-hybridized carbons (Fsp3) is 0.538. The molecule has 1 aromatic carbocycles. The van der Waals surface area contributed by atoms with Crippen molar-refractivity contribution in [3.05, 3.63) is 22.2 Å². The van der Waals surface area contributed by atoms with Crippen molar-refractivity contribution in [1.82, 2.24) is 10.3 Å². The number of aromatic nitrogens is 2. The van der Waals surface area contributed by atoms with Crippen molar-refractivity contribution in [1.29, 1.82) is 0 Å². The highest BCUT2D eigenvalue weighted by Crippen LogP contribution is 2.28. The van der Waals surface area contributed by atoms with Crippen LogP contribution in [0.25, 0.3) is 11.0 Å². The van der Waals surface area contributed by atoms with Crippen LogP contribution in [0.5, 0.6) is 0 Å². The number of benzene rings is 1. The highest BCUT2D eigenvalue weighted by molar-refractivity contribution is 5.93. The number of rotatable bonds is 9. The standard InChI is InChI=1S/C13H20N6O3/c14-7-1-3-9(15)4-2-8-16-10-5-6-11(19(20)21)13-12(10)17-22-18-13/h5-6,9,16H,1-4,7-8,14-15H2. The molecule has 120 valence electrons. The zero-order chi connectivity index (χ0) is 15.9. The lowest BCUT2D eigenvalue weighted by Gasteiger charge is -2.11. The van der Waals surface area contributed by atoms with E-state index in [9.17, 15) is 10.1 Å². The molecule has 0 saturated carbocycles. The van der Waals surface area contributed by atoms with E-state index in [2.05, 4.69) is 20.3 Å². The van der Waals surface area contributed by atoms with Gasteiger partial charge in [-0.05, 0) is 48.6 Å². The van der Waals surface area contributed by atoms with E-state index in [-0.39, 0.29) is 17.2 Å². The molecular formula is C13H20N6O3. The Labute approximate surface area is 127 Å². The predicted octanol–water partition coefficient (Wildman–Crippen LogP) is 1.39. The number of anilines is 1. The summed E-state index contributed by atoms with van der Waals surface area (Å²) in [5, 5.41) is 21.4. The Morgan fingerprint density at radius 1 is 1.27 bits per heavy atom. The third kappa shape index (κ3) is 3.89. The van der Waals surface area contributed by atoms with Gasteiger partial charge in [0.25, 0.3) is 0 Å². The molecule has 1 atom stereocenters. The Hall–Kier alpha value is -2.26. The zero-order valence-electron chi connectivity index (χ0n) is 12.2. The van der Waals surface area contributed by atoms with Crippen LogP contribution in [0.3, 0.4) is 0 Å². The van der Waals surface area contributed by atoms with E-state index in [1.807, 2.05) is 0 Å². The van der Waals surface area contributed by atoms with Gasteiger partial charge < -0.3 is 16.8 Å². The van der Waals surface area contributed by atoms with Crippen molar-refractivity contribution in [2.75, 3.05) is 18.4 Å². The lowest BCUT2D eigenvalue weighted by Crippen LogP contribution is -2.22. The average molecular weight is 308 g/mol. The molecule has 0 spiro atoms. The van der Waals surface area contributed by atoms with Gasteiger partial charge in [0.1, 0.15) is 0 Å². The largest absolute Gasteiger partial charge is 0.383 e. The SMILES string of the molecule is NCCCC(N)CCCNc1ccc([N+](=O)[O-])c2nonc12. The lowest BCUT2D eigenvalue weighted by molar-refractivity contribution is -0.383. The van der Waals surface area contributed by atoms with Crippen LogP contribution in [0, 0.1) is 10.1 Å². The lowest BCUT2D eigenvalue weighted by atomic mass is 10.1. The maximum atomic E-state index is 10.9. The molecule has 1 heterocycles. The van der Waals surface area contributed by atoms with Gasteiger partial charge >= 0.3 is 5.69 Å². The number of nitrogens with zero attached hydrogens (tertiary/aromatic N) is 3. The number of nitro benzene ring substituents is 1. The van der Waals surface area contributed by atoms with Crippen LogP contribution < -0.4 is 16.8 Å². The first-order chi connectivity index (χ1) is 10.6. The summed E-state index contributed by atoms with van der Waals surface area (Å²) in [7, 11) is 0. The molecule has 22 heavy (non-hydrogen) atoms. The summed E-state index contributed by atoms with van der Waals surface area (Å²) in [6.07, 6.45) is 3.63. The molecule has 9 nitrogen and oxygen atoms in total. The molecule has 2 rings (SSSR count).